The first-order chi connectivity index (χ1) is 14.5. The molecule has 2 unspecified atom stereocenters. The molecule has 184 valence electrons. The Morgan fingerprint density at radius 2 is 1.58 bits per heavy atom. The van der Waals surface area contributed by atoms with Crippen molar-refractivity contribution in [3.05, 3.63) is 0 Å². The van der Waals surface area contributed by atoms with Crippen molar-refractivity contribution in [3.8, 4) is 0 Å². The molecule has 0 aromatic heterocycles. The molecule has 8 nitrogen and oxygen atoms in total. The first kappa shape index (κ1) is 30.1. The van der Waals surface area contributed by atoms with Gasteiger partial charge in [0.2, 0.25) is 0 Å². The summed E-state index contributed by atoms with van der Waals surface area (Å²) in [5.41, 5.74) is -0.568. The molecule has 0 saturated heterocycles. The van der Waals surface area contributed by atoms with E-state index >= 15 is 0 Å². The van der Waals surface area contributed by atoms with Gasteiger partial charge in [-0.1, -0.05) is 0 Å². The van der Waals surface area contributed by atoms with Crippen LogP contribution in [0, 0.1) is 0 Å². The lowest BCUT2D eigenvalue weighted by molar-refractivity contribution is -0.149. The first-order valence-corrected chi connectivity index (χ1v) is 11.9. The number of hydrogen-bond donors (Lipinski definition) is 1. The van der Waals surface area contributed by atoms with Crippen molar-refractivity contribution < 1.29 is 38.4 Å². The molecule has 1 N–H and O–H groups in total. The molecular formula is C22H42O8S. The lowest BCUT2D eigenvalue weighted by Crippen LogP contribution is -2.31. The van der Waals surface area contributed by atoms with Crippen molar-refractivity contribution in [2.75, 3.05) is 45.9 Å². The summed E-state index contributed by atoms with van der Waals surface area (Å²) >= 11 is 1.17. The van der Waals surface area contributed by atoms with Crippen LogP contribution in [0.4, 0.5) is 0 Å². The molecule has 0 bridgehead atoms. The number of carbonyl (C=O) groups excluding carboxylic acids is 2. The smallest absolute Gasteiger partial charge is 0.319 e. The third-order valence-corrected chi connectivity index (χ3v) is 5.94. The molecule has 9 heteroatoms. The molecule has 0 radical (unpaired) electrons. The summed E-state index contributed by atoms with van der Waals surface area (Å²) in [6.45, 7) is 13.1. The summed E-state index contributed by atoms with van der Waals surface area (Å²) in [6, 6.07) is 0. The van der Waals surface area contributed by atoms with Crippen molar-refractivity contribution >= 4 is 23.7 Å². The van der Waals surface area contributed by atoms with Crippen molar-refractivity contribution in [1.82, 2.24) is 0 Å². The maximum Gasteiger partial charge on any atom is 0.319 e. The fraction of sp³-hybridized carbons (Fsp3) is 0.909. The highest BCUT2D eigenvalue weighted by Crippen LogP contribution is 2.20. The average Bonchev–Trinajstić information content (AvgIpc) is 2.68. The number of esters is 2. The van der Waals surface area contributed by atoms with Gasteiger partial charge in [0.25, 0.3) is 0 Å². The Labute approximate surface area is 191 Å². The Bertz CT molecular complexity index is 510. The van der Waals surface area contributed by atoms with Gasteiger partial charge >= 0.3 is 11.9 Å². The second kappa shape index (κ2) is 15.9. The van der Waals surface area contributed by atoms with E-state index in [1.165, 1.54) is 11.8 Å². The van der Waals surface area contributed by atoms with Crippen LogP contribution < -0.4 is 0 Å². The Hall–Kier alpha value is -0.870. The lowest BCUT2D eigenvalue weighted by atomic mass is 10.0. The van der Waals surface area contributed by atoms with Crippen LogP contribution in [0.5, 0.6) is 0 Å². The largest absolute Gasteiger partial charge is 0.466 e. The van der Waals surface area contributed by atoms with E-state index in [1.807, 2.05) is 27.7 Å². The van der Waals surface area contributed by atoms with Gasteiger partial charge in [-0.05, 0) is 54.4 Å². The number of aliphatic hydroxyl groups excluding tert-OH is 1. The van der Waals surface area contributed by atoms with Gasteiger partial charge in [-0.2, -0.15) is 0 Å². The summed E-state index contributed by atoms with van der Waals surface area (Å²) in [5, 5.41) is 9.46. The SMILES string of the molecule is CCOC(=O)CC(SCC(O)COCCC(C)(C)OCCC(C)(C)OC)C(=O)OCC. The van der Waals surface area contributed by atoms with Gasteiger partial charge < -0.3 is 28.8 Å². The van der Waals surface area contributed by atoms with Gasteiger partial charge in [0, 0.05) is 19.5 Å². The summed E-state index contributed by atoms with van der Waals surface area (Å²) in [4.78, 5) is 23.8. The summed E-state index contributed by atoms with van der Waals surface area (Å²) in [5.74, 6) is -0.700. The quantitative estimate of drug-likeness (QED) is 0.241. The molecule has 0 saturated carbocycles. The lowest BCUT2D eigenvalue weighted by Gasteiger charge is -2.29. The van der Waals surface area contributed by atoms with Gasteiger partial charge in [0.15, 0.2) is 0 Å². The van der Waals surface area contributed by atoms with Gasteiger partial charge in [0.05, 0.1) is 50.2 Å². The molecule has 0 spiro atoms. The molecule has 0 aliphatic carbocycles. The van der Waals surface area contributed by atoms with Gasteiger partial charge in [-0.25, -0.2) is 0 Å². The van der Waals surface area contributed by atoms with Crippen molar-refractivity contribution in [1.29, 1.82) is 0 Å². The third-order valence-electron chi connectivity index (χ3n) is 4.60. The topological polar surface area (TPSA) is 101 Å². The Morgan fingerprint density at radius 3 is 2.16 bits per heavy atom. The molecular weight excluding hydrogens is 424 g/mol. The molecule has 31 heavy (non-hydrogen) atoms. The normalized spacial score (nSPS) is 14.2. The fourth-order valence-electron chi connectivity index (χ4n) is 2.38. The molecule has 2 atom stereocenters. The van der Waals surface area contributed by atoms with Gasteiger partial charge in [-0.15, -0.1) is 11.8 Å². The molecule has 0 aromatic rings. The molecule has 0 aliphatic rings. The van der Waals surface area contributed by atoms with E-state index in [9.17, 15) is 14.7 Å². The predicted molar refractivity (Wildman–Crippen MR) is 121 cm³/mol. The van der Waals surface area contributed by atoms with Crippen LogP contribution in [0.3, 0.4) is 0 Å². The van der Waals surface area contributed by atoms with E-state index in [0.29, 0.717) is 19.6 Å². The number of aliphatic hydroxyl groups is 1. The maximum absolute atomic E-state index is 12.0. The average molecular weight is 467 g/mol. The van der Waals surface area contributed by atoms with E-state index in [4.69, 9.17) is 23.7 Å². The minimum atomic E-state index is -0.768. The summed E-state index contributed by atoms with van der Waals surface area (Å²) in [6.07, 6.45) is 0.609. The van der Waals surface area contributed by atoms with E-state index in [2.05, 4.69) is 0 Å². The van der Waals surface area contributed by atoms with Crippen molar-refractivity contribution in [2.24, 2.45) is 0 Å². The Kier molecular flexibility index (Phi) is 15.4. The highest BCUT2D eigenvalue weighted by molar-refractivity contribution is 8.00. The van der Waals surface area contributed by atoms with E-state index in [0.717, 1.165) is 6.42 Å². The molecule has 0 heterocycles. The first-order valence-electron chi connectivity index (χ1n) is 10.8. The monoisotopic (exact) mass is 466 g/mol. The zero-order valence-corrected chi connectivity index (χ0v) is 21.0. The van der Waals surface area contributed by atoms with Crippen LogP contribution >= 0.6 is 11.8 Å². The minimum Gasteiger partial charge on any atom is -0.466 e. The zero-order chi connectivity index (χ0) is 23.9. The van der Waals surface area contributed by atoms with Crippen LogP contribution in [0.15, 0.2) is 0 Å². The molecule has 0 amide bonds. The highest BCUT2D eigenvalue weighted by Gasteiger charge is 2.26. The zero-order valence-electron chi connectivity index (χ0n) is 20.2. The summed E-state index contributed by atoms with van der Waals surface area (Å²) in [7, 11) is 1.69. The van der Waals surface area contributed by atoms with Gasteiger partial charge in [0.1, 0.15) is 5.25 Å². The molecule has 0 fully saturated rings. The van der Waals surface area contributed by atoms with Crippen molar-refractivity contribution in [3.63, 3.8) is 0 Å². The van der Waals surface area contributed by atoms with E-state index in [-0.39, 0.29) is 43.2 Å². The number of carbonyl (C=O) groups is 2. The van der Waals surface area contributed by atoms with Crippen LogP contribution in [0.2, 0.25) is 0 Å². The van der Waals surface area contributed by atoms with Crippen LogP contribution in [0.1, 0.15) is 60.8 Å². The highest BCUT2D eigenvalue weighted by atomic mass is 32.2. The minimum absolute atomic E-state index is 0.0870. The number of hydrogen-bond acceptors (Lipinski definition) is 9. The second-order valence-corrected chi connectivity index (χ2v) is 9.62. The van der Waals surface area contributed by atoms with Crippen LogP contribution in [-0.4, -0.2) is 85.5 Å². The predicted octanol–water partition coefficient (Wildman–Crippen LogP) is 2.98. The molecule has 0 aromatic carbocycles. The Balaban J connectivity index is 4.24. The number of thioether (sulfide) groups is 1. The second-order valence-electron chi connectivity index (χ2n) is 8.38. The van der Waals surface area contributed by atoms with Gasteiger partial charge in [-0.3, -0.25) is 9.59 Å². The molecule has 0 aliphatic heterocycles. The fourth-order valence-corrected chi connectivity index (χ4v) is 3.39. The van der Waals surface area contributed by atoms with Crippen molar-refractivity contribution in [2.45, 2.75) is 83.4 Å². The number of methoxy groups -OCH3 is 1. The molecule has 0 rings (SSSR count). The standard InChI is InChI=1S/C22H42O8S/c1-8-28-19(24)14-18(20(25)29-9-2)31-16-17(23)15-27-12-10-22(5,6)30-13-11-21(3,4)26-7/h17-18,23H,8-16H2,1-7H3. The van der Waals surface area contributed by atoms with E-state index < -0.39 is 23.3 Å². The van der Waals surface area contributed by atoms with E-state index in [1.54, 1.807) is 21.0 Å². The number of rotatable bonds is 18. The Morgan fingerprint density at radius 1 is 0.968 bits per heavy atom. The van der Waals surface area contributed by atoms with Crippen LogP contribution in [-0.2, 0) is 33.3 Å². The van der Waals surface area contributed by atoms with Crippen LogP contribution in [0.25, 0.3) is 0 Å². The number of ether oxygens (including phenoxy) is 5. The maximum atomic E-state index is 12.0. The third kappa shape index (κ3) is 15.6. The summed E-state index contributed by atoms with van der Waals surface area (Å²) < 4.78 is 26.8.